The number of ketones is 1. The molecule has 22 heavy (non-hydrogen) atoms. The van der Waals surface area contributed by atoms with Gasteiger partial charge in [0.1, 0.15) is 5.69 Å². The number of aryl methyl sites for hydroxylation is 1. The number of halogens is 1. The number of Topliss-reactive ketones (excluding diaryl/α,β-unsaturated/α-hetero) is 1. The van der Waals surface area contributed by atoms with Crippen LogP contribution in [0.3, 0.4) is 0 Å². The van der Waals surface area contributed by atoms with Gasteiger partial charge in [-0.15, -0.1) is 5.10 Å². The van der Waals surface area contributed by atoms with Crippen LogP contribution in [0, 0.1) is 6.92 Å². The molecule has 2 aromatic carbocycles. The van der Waals surface area contributed by atoms with E-state index in [2.05, 4.69) is 10.3 Å². The van der Waals surface area contributed by atoms with Gasteiger partial charge in [0.05, 0.1) is 5.69 Å². The van der Waals surface area contributed by atoms with Gasteiger partial charge in [-0.05, 0) is 24.6 Å². The van der Waals surface area contributed by atoms with Gasteiger partial charge in [-0.1, -0.05) is 53.2 Å². The van der Waals surface area contributed by atoms with Crippen LogP contribution in [0.5, 0.6) is 0 Å². The van der Waals surface area contributed by atoms with Crippen LogP contribution in [0.25, 0.3) is 16.9 Å². The Morgan fingerprint density at radius 3 is 2.50 bits per heavy atom. The molecule has 0 radical (unpaired) electrons. The molecule has 0 aliphatic heterocycles. The Morgan fingerprint density at radius 2 is 1.86 bits per heavy atom. The molecule has 0 amide bonds. The summed E-state index contributed by atoms with van der Waals surface area (Å²) in [4.78, 5) is 11.9. The lowest BCUT2D eigenvalue weighted by Crippen LogP contribution is -2.02. The van der Waals surface area contributed by atoms with E-state index >= 15 is 0 Å². The molecule has 110 valence electrons. The fraction of sp³-hybridized carbons (Fsp3) is 0.118. The van der Waals surface area contributed by atoms with Crippen molar-refractivity contribution in [1.82, 2.24) is 15.0 Å². The normalized spacial score (nSPS) is 10.7. The van der Waals surface area contributed by atoms with Gasteiger partial charge in [0.15, 0.2) is 11.5 Å². The van der Waals surface area contributed by atoms with Crippen LogP contribution in [0.1, 0.15) is 23.0 Å². The van der Waals surface area contributed by atoms with Crippen LogP contribution in [0.2, 0.25) is 5.02 Å². The minimum atomic E-state index is -0.122. The Bertz CT molecular complexity index is 840. The molecule has 0 N–H and O–H groups in total. The van der Waals surface area contributed by atoms with E-state index in [1.807, 2.05) is 55.5 Å². The second kappa shape index (κ2) is 5.73. The average Bonchev–Trinajstić information content (AvgIpc) is 2.96. The van der Waals surface area contributed by atoms with Crippen molar-refractivity contribution in [3.63, 3.8) is 0 Å². The summed E-state index contributed by atoms with van der Waals surface area (Å²) >= 11 is 6.20. The highest BCUT2D eigenvalue weighted by Gasteiger charge is 2.19. The number of hydrogen-bond acceptors (Lipinski definition) is 3. The molecule has 0 bridgehead atoms. The van der Waals surface area contributed by atoms with Crippen molar-refractivity contribution in [3.05, 3.63) is 64.8 Å². The van der Waals surface area contributed by atoms with Gasteiger partial charge in [-0.3, -0.25) is 4.79 Å². The van der Waals surface area contributed by atoms with E-state index in [1.165, 1.54) is 6.92 Å². The topological polar surface area (TPSA) is 47.8 Å². The van der Waals surface area contributed by atoms with Gasteiger partial charge in [0, 0.05) is 17.5 Å². The van der Waals surface area contributed by atoms with E-state index in [9.17, 15) is 4.79 Å². The number of nitrogens with zero attached hydrogens (tertiary/aromatic N) is 3. The quantitative estimate of drug-likeness (QED) is 0.684. The number of carbonyl (C=O) groups is 1. The summed E-state index contributed by atoms with van der Waals surface area (Å²) in [5, 5.41) is 8.83. The Hall–Kier alpha value is -2.46. The van der Waals surface area contributed by atoms with Gasteiger partial charge < -0.3 is 0 Å². The number of rotatable bonds is 3. The molecular formula is C17H14ClN3O. The van der Waals surface area contributed by atoms with Crippen LogP contribution in [-0.2, 0) is 0 Å². The van der Waals surface area contributed by atoms with E-state index in [4.69, 9.17) is 11.6 Å². The first kappa shape index (κ1) is 14.5. The third kappa shape index (κ3) is 2.53. The van der Waals surface area contributed by atoms with Crippen LogP contribution < -0.4 is 0 Å². The fourth-order valence-electron chi connectivity index (χ4n) is 2.27. The number of hydrogen-bond donors (Lipinski definition) is 0. The monoisotopic (exact) mass is 311 g/mol. The van der Waals surface area contributed by atoms with Gasteiger partial charge in [0.2, 0.25) is 0 Å². The highest BCUT2D eigenvalue weighted by atomic mass is 35.5. The molecule has 0 spiro atoms. The van der Waals surface area contributed by atoms with Crippen molar-refractivity contribution in [3.8, 4) is 16.9 Å². The minimum absolute atomic E-state index is 0.122. The fourth-order valence-corrected chi connectivity index (χ4v) is 2.44. The van der Waals surface area contributed by atoms with E-state index in [-0.39, 0.29) is 5.78 Å². The number of aromatic nitrogens is 3. The summed E-state index contributed by atoms with van der Waals surface area (Å²) in [5.74, 6) is -0.122. The summed E-state index contributed by atoms with van der Waals surface area (Å²) in [6, 6.07) is 15.3. The first-order valence-corrected chi connectivity index (χ1v) is 7.24. The summed E-state index contributed by atoms with van der Waals surface area (Å²) in [5.41, 5.74) is 3.67. The average molecular weight is 312 g/mol. The van der Waals surface area contributed by atoms with Gasteiger partial charge in [-0.25, -0.2) is 4.68 Å². The Morgan fingerprint density at radius 1 is 1.14 bits per heavy atom. The van der Waals surface area contributed by atoms with Crippen molar-refractivity contribution in [1.29, 1.82) is 0 Å². The summed E-state index contributed by atoms with van der Waals surface area (Å²) < 4.78 is 1.65. The maximum Gasteiger partial charge on any atom is 0.182 e. The van der Waals surface area contributed by atoms with Crippen LogP contribution >= 0.6 is 11.6 Å². The maximum absolute atomic E-state index is 11.9. The lowest BCUT2D eigenvalue weighted by Gasteiger charge is -2.09. The van der Waals surface area contributed by atoms with Crippen LogP contribution in [0.4, 0.5) is 0 Å². The number of benzene rings is 2. The molecule has 1 aromatic heterocycles. The zero-order valence-electron chi connectivity index (χ0n) is 12.2. The molecule has 0 atom stereocenters. The SMILES string of the molecule is CC(=O)c1nnn(-c2ccc(C)c(Cl)c2)c1-c1ccccc1. The van der Waals surface area contributed by atoms with Gasteiger partial charge in [0.25, 0.3) is 0 Å². The maximum atomic E-state index is 11.9. The molecule has 0 unspecified atom stereocenters. The highest BCUT2D eigenvalue weighted by molar-refractivity contribution is 6.31. The van der Waals surface area contributed by atoms with Crippen molar-refractivity contribution in [2.24, 2.45) is 0 Å². The summed E-state index contributed by atoms with van der Waals surface area (Å²) in [6.07, 6.45) is 0. The molecule has 3 aromatic rings. The molecule has 0 aliphatic rings. The van der Waals surface area contributed by atoms with E-state index in [1.54, 1.807) is 4.68 Å². The smallest absolute Gasteiger partial charge is 0.182 e. The predicted octanol–water partition coefficient (Wildman–Crippen LogP) is 4.10. The zero-order chi connectivity index (χ0) is 15.7. The minimum Gasteiger partial charge on any atom is -0.293 e. The first-order chi connectivity index (χ1) is 10.6. The molecule has 4 nitrogen and oxygen atoms in total. The first-order valence-electron chi connectivity index (χ1n) is 6.86. The van der Waals surface area contributed by atoms with Crippen molar-refractivity contribution in [2.45, 2.75) is 13.8 Å². The van der Waals surface area contributed by atoms with Crippen molar-refractivity contribution >= 4 is 17.4 Å². The second-order valence-electron chi connectivity index (χ2n) is 5.05. The Labute approximate surface area is 133 Å². The standard InChI is InChI=1S/C17H14ClN3O/c1-11-8-9-14(10-15(11)18)21-17(13-6-4-3-5-7-13)16(12(2)22)19-20-21/h3-10H,1-2H3. The Balaban J connectivity index is 2.24. The second-order valence-corrected chi connectivity index (χ2v) is 5.46. The Kier molecular flexibility index (Phi) is 3.77. The van der Waals surface area contributed by atoms with Crippen molar-refractivity contribution < 1.29 is 4.79 Å². The highest BCUT2D eigenvalue weighted by Crippen LogP contribution is 2.27. The van der Waals surface area contributed by atoms with Crippen LogP contribution in [0.15, 0.2) is 48.5 Å². The summed E-state index contributed by atoms with van der Waals surface area (Å²) in [7, 11) is 0. The van der Waals surface area contributed by atoms with E-state index < -0.39 is 0 Å². The lowest BCUT2D eigenvalue weighted by atomic mass is 10.1. The predicted molar refractivity (Wildman–Crippen MR) is 86.5 cm³/mol. The molecule has 1 heterocycles. The van der Waals surface area contributed by atoms with Gasteiger partial charge >= 0.3 is 0 Å². The largest absolute Gasteiger partial charge is 0.293 e. The van der Waals surface area contributed by atoms with E-state index in [0.29, 0.717) is 16.4 Å². The lowest BCUT2D eigenvalue weighted by molar-refractivity contribution is 0.101. The number of carbonyl (C=O) groups excluding carboxylic acids is 1. The molecule has 0 saturated heterocycles. The zero-order valence-corrected chi connectivity index (χ0v) is 13.0. The van der Waals surface area contributed by atoms with Crippen molar-refractivity contribution in [2.75, 3.05) is 0 Å². The molecule has 5 heteroatoms. The molecular weight excluding hydrogens is 298 g/mol. The molecule has 0 saturated carbocycles. The third-order valence-electron chi connectivity index (χ3n) is 3.45. The van der Waals surface area contributed by atoms with Gasteiger partial charge in [-0.2, -0.15) is 0 Å². The molecule has 3 rings (SSSR count). The summed E-state index contributed by atoms with van der Waals surface area (Å²) in [6.45, 7) is 3.43. The van der Waals surface area contributed by atoms with Crippen LogP contribution in [-0.4, -0.2) is 20.8 Å². The molecule has 0 fully saturated rings. The third-order valence-corrected chi connectivity index (χ3v) is 3.86. The van der Waals surface area contributed by atoms with E-state index in [0.717, 1.165) is 16.8 Å². The molecule has 0 aliphatic carbocycles.